The maximum absolute atomic E-state index is 13.8. The first-order valence-corrected chi connectivity index (χ1v) is 13.8. The summed E-state index contributed by atoms with van der Waals surface area (Å²) >= 11 is 12.4. The van der Waals surface area contributed by atoms with E-state index in [0.717, 1.165) is 12.1 Å². The number of alkyl halides is 3. The first-order valence-electron chi connectivity index (χ1n) is 11.6. The molecular formula is C25H22Cl2F3N3O5S. The predicted molar refractivity (Wildman–Crippen MR) is 141 cm³/mol. The number of aliphatic hydroxyl groups excluding tert-OH is 1. The number of hydrogen-bond donors (Lipinski definition) is 2. The van der Waals surface area contributed by atoms with Crippen molar-refractivity contribution in [1.29, 1.82) is 0 Å². The van der Waals surface area contributed by atoms with Crippen molar-refractivity contribution in [2.45, 2.75) is 29.4 Å². The first-order chi connectivity index (χ1) is 18.5. The van der Waals surface area contributed by atoms with Crippen molar-refractivity contribution >= 4 is 44.5 Å². The van der Waals surface area contributed by atoms with E-state index in [1.807, 2.05) is 4.90 Å². The Morgan fingerprint density at radius 3 is 2.15 bits per heavy atom. The summed E-state index contributed by atoms with van der Waals surface area (Å²) < 4.78 is 73.9. The third kappa shape index (κ3) is 5.76. The van der Waals surface area contributed by atoms with Gasteiger partial charge in [-0.15, -0.1) is 13.2 Å². The molecule has 39 heavy (non-hydrogen) atoms. The van der Waals surface area contributed by atoms with Crippen LogP contribution in [0.2, 0.25) is 10.0 Å². The van der Waals surface area contributed by atoms with E-state index in [1.54, 1.807) is 36.4 Å². The monoisotopic (exact) mass is 603 g/mol. The summed E-state index contributed by atoms with van der Waals surface area (Å²) in [5, 5.41) is 12.4. The molecule has 0 spiro atoms. The number of nitrogens with zero attached hydrogens (tertiary/aromatic N) is 2. The van der Waals surface area contributed by atoms with Gasteiger partial charge < -0.3 is 24.2 Å². The average molecular weight is 604 g/mol. The zero-order chi connectivity index (χ0) is 27.9. The molecule has 0 saturated carbocycles. The van der Waals surface area contributed by atoms with Gasteiger partial charge in [0.05, 0.1) is 47.7 Å². The van der Waals surface area contributed by atoms with Crippen LogP contribution in [0.3, 0.4) is 0 Å². The van der Waals surface area contributed by atoms with E-state index in [4.69, 9.17) is 32.7 Å². The largest absolute Gasteiger partial charge is 0.573 e. The number of ether oxygens (including phenoxy) is 3. The fourth-order valence-electron chi connectivity index (χ4n) is 4.51. The van der Waals surface area contributed by atoms with Crippen molar-refractivity contribution < 1.29 is 36.7 Å². The molecule has 8 nitrogen and oxygen atoms in total. The molecule has 2 aliphatic heterocycles. The number of rotatable bonds is 5. The summed E-state index contributed by atoms with van der Waals surface area (Å²) in [5.74, 6) is 0.441. The van der Waals surface area contributed by atoms with E-state index in [1.165, 1.54) is 19.2 Å². The van der Waals surface area contributed by atoms with E-state index >= 15 is 0 Å². The third-order valence-electron chi connectivity index (χ3n) is 6.25. The van der Waals surface area contributed by atoms with Gasteiger partial charge in [0, 0.05) is 29.2 Å². The minimum absolute atomic E-state index is 0.00470. The number of nitrogens with one attached hydrogen (secondary N) is 1. The van der Waals surface area contributed by atoms with Crippen LogP contribution < -0.4 is 19.1 Å². The molecule has 2 N–H and O–H groups in total. The quantitative estimate of drug-likeness (QED) is 0.376. The van der Waals surface area contributed by atoms with E-state index in [9.17, 15) is 22.5 Å². The number of aliphatic hydroxyl groups is 1. The molecule has 0 bridgehead atoms. The van der Waals surface area contributed by atoms with Gasteiger partial charge in [-0.05, 0) is 48.5 Å². The van der Waals surface area contributed by atoms with Crippen molar-refractivity contribution in [2.75, 3.05) is 25.2 Å². The van der Waals surface area contributed by atoms with E-state index < -0.39 is 40.2 Å². The lowest BCUT2D eigenvalue weighted by Crippen LogP contribution is -2.60. The summed E-state index contributed by atoms with van der Waals surface area (Å²) in [7, 11) is -2.05. The number of benzene rings is 3. The molecule has 1 saturated heterocycles. The van der Waals surface area contributed by atoms with Crippen LogP contribution in [0.25, 0.3) is 0 Å². The summed E-state index contributed by atoms with van der Waals surface area (Å²) in [5.41, 5.74) is 1.26. The average Bonchev–Trinajstić information content (AvgIpc) is 2.88. The normalized spacial score (nSPS) is 22.2. The van der Waals surface area contributed by atoms with Crippen molar-refractivity contribution in [3.05, 3.63) is 70.7 Å². The highest BCUT2D eigenvalue weighted by Crippen LogP contribution is 2.50. The van der Waals surface area contributed by atoms with Crippen LogP contribution in [-0.4, -0.2) is 54.1 Å². The lowest BCUT2D eigenvalue weighted by Gasteiger charge is -2.44. The van der Waals surface area contributed by atoms with Crippen molar-refractivity contribution in [3.8, 4) is 17.2 Å². The Morgan fingerprint density at radius 2 is 1.62 bits per heavy atom. The summed E-state index contributed by atoms with van der Waals surface area (Å²) in [4.78, 5) is 1.97. The summed E-state index contributed by atoms with van der Waals surface area (Å²) in [6.45, 7) is 0.127. The van der Waals surface area contributed by atoms with Gasteiger partial charge >= 0.3 is 6.36 Å². The summed E-state index contributed by atoms with van der Waals surface area (Å²) in [6.07, 6.45) is -5.98. The second kappa shape index (κ2) is 10.7. The lowest BCUT2D eigenvalue weighted by molar-refractivity contribution is -0.274. The van der Waals surface area contributed by atoms with Gasteiger partial charge in [-0.2, -0.15) is 0 Å². The molecule has 1 fully saturated rings. The molecule has 0 aromatic heterocycles. The van der Waals surface area contributed by atoms with Crippen LogP contribution >= 0.6 is 23.2 Å². The predicted octanol–water partition coefficient (Wildman–Crippen LogP) is 5.93. The van der Waals surface area contributed by atoms with Crippen LogP contribution in [0.4, 0.5) is 24.5 Å². The zero-order valence-corrected chi connectivity index (χ0v) is 22.5. The Hall–Kier alpha value is -2.74. The molecule has 4 atom stereocenters. The highest BCUT2D eigenvalue weighted by atomic mass is 35.5. The lowest BCUT2D eigenvalue weighted by atomic mass is 9.98. The standard InChI is InChI=1S/C25H22Cl2F3N3O5S/c1-31-39(35,17-6-4-16(5-7-17)38-25(28,29)30)32-18-12-36-13-21(24(18)34)33-19-8-2-14(26)10-22(19)37-23-11-15(27)3-9-20(23)33/h2-11,18,21,24,34H,12-13H2,1H3,(H,31,32,35). The molecule has 0 amide bonds. The van der Waals surface area contributed by atoms with Crippen LogP contribution in [0.15, 0.2) is 69.9 Å². The maximum Gasteiger partial charge on any atom is 0.573 e. The Morgan fingerprint density at radius 1 is 1.03 bits per heavy atom. The van der Waals surface area contributed by atoms with Gasteiger partial charge in [0.15, 0.2) is 11.5 Å². The van der Waals surface area contributed by atoms with Gasteiger partial charge in [0.2, 0.25) is 0 Å². The number of fused-ring (bicyclic) bond motifs is 2. The van der Waals surface area contributed by atoms with Crippen LogP contribution in [0, 0.1) is 0 Å². The van der Waals surface area contributed by atoms with E-state index in [-0.39, 0.29) is 18.1 Å². The molecule has 5 rings (SSSR count). The third-order valence-corrected chi connectivity index (χ3v) is 8.77. The highest BCUT2D eigenvalue weighted by molar-refractivity contribution is 7.91. The summed E-state index contributed by atoms with van der Waals surface area (Å²) in [6, 6.07) is 13.2. The molecule has 14 heteroatoms. The van der Waals surface area contributed by atoms with Gasteiger partial charge in [-0.1, -0.05) is 23.2 Å². The molecule has 0 aliphatic carbocycles. The van der Waals surface area contributed by atoms with Gasteiger partial charge in [-0.25, -0.2) is 13.3 Å². The molecular weight excluding hydrogens is 582 g/mol. The molecule has 4 unspecified atom stereocenters. The number of anilines is 2. The van der Waals surface area contributed by atoms with Gasteiger partial charge in [-0.3, -0.25) is 0 Å². The number of halogens is 5. The molecule has 0 radical (unpaired) electrons. The minimum Gasteiger partial charge on any atom is -0.453 e. The van der Waals surface area contributed by atoms with E-state index in [2.05, 4.69) is 13.8 Å². The van der Waals surface area contributed by atoms with Crippen LogP contribution in [-0.2, 0) is 14.7 Å². The Bertz CT molecular complexity index is 1450. The fraction of sp³-hybridized carbons (Fsp3) is 0.280. The Labute approximate surface area is 232 Å². The zero-order valence-electron chi connectivity index (χ0n) is 20.2. The van der Waals surface area contributed by atoms with Crippen molar-refractivity contribution in [2.24, 2.45) is 4.36 Å². The van der Waals surface area contributed by atoms with Gasteiger partial charge in [0.25, 0.3) is 0 Å². The first kappa shape index (κ1) is 27.8. The molecule has 2 heterocycles. The van der Waals surface area contributed by atoms with Crippen LogP contribution in [0.5, 0.6) is 17.2 Å². The molecule has 208 valence electrons. The Balaban J connectivity index is 1.44. The fourth-order valence-corrected chi connectivity index (χ4v) is 6.41. The Kier molecular flexibility index (Phi) is 7.61. The number of hydrogen-bond acceptors (Lipinski definition) is 7. The van der Waals surface area contributed by atoms with Crippen molar-refractivity contribution in [3.63, 3.8) is 0 Å². The van der Waals surface area contributed by atoms with E-state index in [0.29, 0.717) is 32.9 Å². The smallest absolute Gasteiger partial charge is 0.453 e. The maximum atomic E-state index is 13.8. The molecule has 3 aromatic carbocycles. The van der Waals surface area contributed by atoms with Crippen molar-refractivity contribution in [1.82, 2.24) is 4.72 Å². The second-order valence-corrected chi connectivity index (χ2v) is 11.7. The second-order valence-electron chi connectivity index (χ2n) is 8.74. The van der Waals surface area contributed by atoms with Gasteiger partial charge in [0.1, 0.15) is 15.7 Å². The molecule has 3 aromatic rings. The minimum atomic E-state index is -4.86. The SMILES string of the molecule is CN=S(=O)(NC1COCC(N2c3ccc(Cl)cc3Oc3cc(Cl)ccc32)C1O)c1ccc(OC(F)(F)F)cc1. The highest BCUT2D eigenvalue weighted by Gasteiger charge is 2.42. The topological polar surface area (TPSA) is 92.6 Å². The van der Waals surface area contributed by atoms with Crippen LogP contribution in [0.1, 0.15) is 0 Å². The molecule has 2 aliphatic rings.